The van der Waals surface area contributed by atoms with Gasteiger partial charge in [-0.05, 0) is 68.2 Å². The molecule has 32 heavy (non-hydrogen) atoms. The SMILES string of the molecule is CCN(CC)C1CCc2[nH]c3ccc(C(=O)Nc4cccnc4)cc3c2C1.O=P(O)(O)O. The molecule has 172 valence electrons. The Kier molecular flexibility index (Phi) is 7.82. The molecule has 5 N–H and O–H groups in total. The number of benzene rings is 1. The molecular weight excluding hydrogens is 431 g/mol. The molecule has 0 saturated heterocycles. The molecule has 1 aliphatic rings. The van der Waals surface area contributed by atoms with Gasteiger partial charge >= 0.3 is 7.82 Å². The molecular formula is C22H29N4O5P. The number of rotatable bonds is 5. The third kappa shape index (κ3) is 6.25. The van der Waals surface area contributed by atoms with E-state index in [-0.39, 0.29) is 5.91 Å². The predicted molar refractivity (Wildman–Crippen MR) is 123 cm³/mol. The summed E-state index contributed by atoms with van der Waals surface area (Å²) in [4.78, 5) is 44.4. The van der Waals surface area contributed by atoms with Crippen molar-refractivity contribution < 1.29 is 24.0 Å². The van der Waals surface area contributed by atoms with Gasteiger partial charge in [-0.1, -0.05) is 13.8 Å². The molecule has 1 aromatic carbocycles. The van der Waals surface area contributed by atoms with E-state index >= 15 is 0 Å². The zero-order valence-corrected chi connectivity index (χ0v) is 19.0. The van der Waals surface area contributed by atoms with Crippen molar-refractivity contribution in [1.82, 2.24) is 14.9 Å². The number of pyridine rings is 1. The number of likely N-dealkylation sites (N-methyl/N-ethyl adjacent to an activating group) is 1. The fourth-order valence-electron chi connectivity index (χ4n) is 4.23. The van der Waals surface area contributed by atoms with E-state index in [4.69, 9.17) is 19.2 Å². The summed E-state index contributed by atoms with van der Waals surface area (Å²) >= 11 is 0. The molecule has 0 fully saturated rings. The Bertz CT molecular complexity index is 1100. The Labute approximate surface area is 186 Å². The molecule has 1 unspecified atom stereocenters. The van der Waals surface area contributed by atoms with Gasteiger partial charge < -0.3 is 29.9 Å². The molecule has 3 aromatic rings. The molecule has 2 aromatic heterocycles. The van der Waals surface area contributed by atoms with Gasteiger partial charge in [0, 0.05) is 34.4 Å². The Morgan fingerprint density at radius 1 is 1.25 bits per heavy atom. The zero-order chi connectivity index (χ0) is 23.3. The fraction of sp³-hybridized carbons (Fsp3) is 0.364. The van der Waals surface area contributed by atoms with Crippen molar-refractivity contribution in [2.45, 2.75) is 39.2 Å². The lowest BCUT2D eigenvalue weighted by atomic mass is 9.90. The summed E-state index contributed by atoms with van der Waals surface area (Å²) in [6.45, 7) is 6.62. The van der Waals surface area contributed by atoms with Crippen LogP contribution in [0.2, 0.25) is 0 Å². The summed E-state index contributed by atoms with van der Waals surface area (Å²) in [5.41, 5.74) is 5.22. The second-order valence-corrected chi connectivity index (χ2v) is 8.70. The molecule has 1 atom stereocenters. The molecule has 0 radical (unpaired) electrons. The van der Waals surface area contributed by atoms with Gasteiger partial charge in [0.2, 0.25) is 0 Å². The lowest BCUT2D eigenvalue weighted by Gasteiger charge is -2.32. The molecule has 1 aliphatic carbocycles. The molecule has 10 heteroatoms. The highest BCUT2D eigenvalue weighted by Gasteiger charge is 2.26. The van der Waals surface area contributed by atoms with Gasteiger partial charge in [0.1, 0.15) is 0 Å². The lowest BCUT2D eigenvalue weighted by molar-refractivity contribution is 0.102. The highest BCUT2D eigenvalue weighted by molar-refractivity contribution is 7.45. The summed E-state index contributed by atoms with van der Waals surface area (Å²) in [7, 11) is -4.64. The molecule has 0 spiro atoms. The minimum atomic E-state index is -4.64. The molecule has 0 aliphatic heterocycles. The maximum absolute atomic E-state index is 12.7. The van der Waals surface area contributed by atoms with E-state index in [1.54, 1.807) is 12.4 Å². The van der Waals surface area contributed by atoms with E-state index in [2.05, 4.69) is 34.0 Å². The number of nitrogens with one attached hydrogen (secondary N) is 2. The first-order chi connectivity index (χ1) is 15.2. The third-order valence-corrected chi connectivity index (χ3v) is 5.67. The number of anilines is 1. The van der Waals surface area contributed by atoms with Gasteiger partial charge in [-0.3, -0.25) is 9.78 Å². The van der Waals surface area contributed by atoms with Crippen LogP contribution in [0.25, 0.3) is 10.9 Å². The summed E-state index contributed by atoms with van der Waals surface area (Å²) in [5.74, 6) is -0.101. The van der Waals surface area contributed by atoms with E-state index in [0.717, 1.165) is 31.4 Å². The van der Waals surface area contributed by atoms with Crippen LogP contribution in [0.1, 0.15) is 41.9 Å². The predicted octanol–water partition coefficient (Wildman–Crippen LogP) is 3.09. The zero-order valence-electron chi connectivity index (χ0n) is 18.2. The Hall–Kier alpha value is -2.55. The first kappa shape index (κ1) is 24.1. The standard InChI is InChI=1S/C22H26N4O.H3O4P/c1-3-26(4-2)17-8-10-21-19(13-17)18-12-15(7-9-20(18)25-21)22(27)24-16-6-5-11-23-14-16;1-5(2,3)4/h5-7,9,11-12,14,17,25H,3-4,8,10,13H2,1-2H3,(H,24,27);(H3,1,2,3,4). The van der Waals surface area contributed by atoms with Gasteiger partial charge in [0.25, 0.3) is 5.91 Å². The quantitative estimate of drug-likeness (QED) is 0.369. The van der Waals surface area contributed by atoms with Gasteiger partial charge in [-0.25, -0.2) is 4.57 Å². The number of fused-ring (bicyclic) bond motifs is 3. The first-order valence-corrected chi connectivity index (χ1v) is 12.1. The van der Waals surface area contributed by atoms with Gasteiger partial charge in [0.15, 0.2) is 0 Å². The Morgan fingerprint density at radius 2 is 1.97 bits per heavy atom. The summed E-state index contributed by atoms with van der Waals surface area (Å²) in [6, 6.07) is 10.2. The molecule has 2 heterocycles. The van der Waals surface area contributed by atoms with Crippen LogP contribution in [0, 0.1) is 0 Å². The van der Waals surface area contributed by atoms with Crippen LogP contribution in [0.15, 0.2) is 42.7 Å². The fourth-order valence-corrected chi connectivity index (χ4v) is 4.23. The van der Waals surface area contributed by atoms with Gasteiger partial charge in [-0.15, -0.1) is 0 Å². The van der Waals surface area contributed by atoms with Gasteiger partial charge in [-0.2, -0.15) is 0 Å². The molecule has 1 amide bonds. The molecule has 0 bridgehead atoms. The number of amides is 1. The highest BCUT2D eigenvalue weighted by Crippen LogP contribution is 2.32. The number of phosphoric acid groups is 1. The van der Waals surface area contributed by atoms with Crippen molar-refractivity contribution in [1.29, 1.82) is 0 Å². The number of aromatic amines is 1. The topological polar surface area (TPSA) is 139 Å². The lowest BCUT2D eigenvalue weighted by Crippen LogP contribution is -2.38. The van der Waals surface area contributed by atoms with Crippen LogP contribution in [0.3, 0.4) is 0 Å². The number of hydrogen-bond acceptors (Lipinski definition) is 4. The van der Waals surface area contributed by atoms with E-state index < -0.39 is 7.82 Å². The largest absolute Gasteiger partial charge is 0.466 e. The van der Waals surface area contributed by atoms with Crippen molar-refractivity contribution >= 4 is 30.3 Å². The maximum Gasteiger partial charge on any atom is 0.466 e. The Morgan fingerprint density at radius 3 is 2.59 bits per heavy atom. The van der Waals surface area contributed by atoms with Crippen molar-refractivity contribution in [2.24, 2.45) is 0 Å². The highest BCUT2D eigenvalue weighted by atomic mass is 31.2. The van der Waals surface area contributed by atoms with Crippen LogP contribution < -0.4 is 5.32 Å². The first-order valence-electron chi connectivity index (χ1n) is 10.6. The van der Waals surface area contributed by atoms with Gasteiger partial charge in [0.05, 0.1) is 11.9 Å². The van der Waals surface area contributed by atoms with Crippen molar-refractivity contribution in [3.8, 4) is 0 Å². The minimum absolute atomic E-state index is 0.101. The molecule has 0 saturated carbocycles. The number of carbonyl (C=O) groups is 1. The monoisotopic (exact) mass is 460 g/mol. The Balaban J connectivity index is 0.000000523. The number of aromatic nitrogens is 2. The smallest absolute Gasteiger partial charge is 0.358 e. The second-order valence-electron chi connectivity index (χ2n) is 7.67. The number of H-pyrrole nitrogens is 1. The number of carbonyl (C=O) groups excluding carboxylic acids is 1. The normalized spacial score (nSPS) is 15.8. The van der Waals surface area contributed by atoms with Crippen LogP contribution >= 0.6 is 7.82 Å². The minimum Gasteiger partial charge on any atom is -0.358 e. The third-order valence-electron chi connectivity index (χ3n) is 5.67. The van der Waals surface area contributed by atoms with Crippen molar-refractivity contribution in [3.05, 3.63) is 59.5 Å². The summed E-state index contributed by atoms with van der Waals surface area (Å²) in [5, 5.41) is 4.10. The summed E-state index contributed by atoms with van der Waals surface area (Å²) in [6.07, 6.45) is 6.66. The van der Waals surface area contributed by atoms with Crippen LogP contribution in [0.5, 0.6) is 0 Å². The van der Waals surface area contributed by atoms with E-state index in [1.165, 1.54) is 23.1 Å². The van der Waals surface area contributed by atoms with Crippen molar-refractivity contribution in [3.63, 3.8) is 0 Å². The number of hydrogen-bond donors (Lipinski definition) is 5. The maximum atomic E-state index is 12.7. The van der Waals surface area contributed by atoms with E-state index in [9.17, 15) is 4.79 Å². The number of nitrogens with zero attached hydrogens (tertiary/aromatic N) is 2. The average molecular weight is 460 g/mol. The van der Waals surface area contributed by atoms with E-state index in [0.29, 0.717) is 17.3 Å². The van der Waals surface area contributed by atoms with Crippen LogP contribution in [-0.4, -0.2) is 54.6 Å². The molecule has 4 rings (SSSR count). The van der Waals surface area contributed by atoms with E-state index in [1.807, 2.05) is 30.3 Å². The molecule has 9 nitrogen and oxygen atoms in total. The second kappa shape index (κ2) is 10.4. The summed E-state index contributed by atoms with van der Waals surface area (Å²) < 4.78 is 8.88. The van der Waals surface area contributed by atoms with Crippen LogP contribution in [-0.2, 0) is 17.4 Å². The van der Waals surface area contributed by atoms with Crippen molar-refractivity contribution in [2.75, 3.05) is 18.4 Å². The average Bonchev–Trinajstić information content (AvgIpc) is 3.11. The van der Waals surface area contributed by atoms with Crippen LogP contribution in [0.4, 0.5) is 5.69 Å². The number of aryl methyl sites for hydroxylation is 1.